The van der Waals surface area contributed by atoms with E-state index in [0.717, 1.165) is 79.0 Å². The van der Waals surface area contributed by atoms with Gasteiger partial charge in [0.05, 0.1) is 22.7 Å². The third-order valence-electron chi connectivity index (χ3n) is 7.80. The molecule has 0 N–H and O–H groups in total. The predicted octanol–water partition coefficient (Wildman–Crippen LogP) is 5.31. The fraction of sp³-hybridized carbons (Fsp3) is 0.571. The minimum absolute atomic E-state index is 0.0667. The number of piperidine rings is 2. The molecule has 0 aliphatic carbocycles. The van der Waals surface area contributed by atoms with Crippen LogP contribution >= 0.6 is 15.9 Å². The predicted molar refractivity (Wildman–Crippen MR) is 146 cm³/mol. The molecule has 0 unspecified atom stereocenters. The number of likely N-dealkylation sites (tertiary alicyclic amines) is 2. The van der Waals surface area contributed by atoms with E-state index in [9.17, 15) is 4.79 Å². The molecule has 1 amide bonds. The molecule has 2 aromatic rings. The maximum Gasteiger partial charge on any atom is 0.257 e. The highest BCUT2D eigenvalue weighted by Crippen LogP contribution is 2.34. The van der Waals surface area contributed by atoms with E-state index in [-0.39, 0.29) is 11.4 Å². The van der Waals surface area contributed by atoms with E-state index in [1.807, 2.05) is 32.6 Å². The van der Waals surface area contributed by atoms with Gasteiger partial charge in [-0.25, -0.2) is 9.97 Å². The van der Waals surface area contributed by atoms with Crippen LogP contribution < -0.4 is 0 Å². The molecule has 0 saturated carbocycles. The molecule has 7 nitrogen and oxygen atoms in total. The van der Waals surface area contributed by atoms with Crippen molar-refractivity contribution in [2.45, 2.75) is 65.8 Å². The third-order valence-corrected chi connectivity index (χ3v) is 8.33. The van der Waals surface area contributed by atoms with Crippen molar-refractivity contribution < 1.29 is 9.63 Å². The van der Waals surface area contributed by atoms with Gasteiger partial charge in [-0.15, -0.1) is 0 Å². The maximum atomic E-state index is 13.3. The molecule has 1 aromatic heterocycles. The van der Waals surface area contributed by atoms with E-state index >= 15 is 0 Å². The first-order chi connectivity index (χ1) is 17.2. The number of aromatic nitrogens is 2. The van der Waals surface area contributed by atoms with E-state index in [2.05, 4.69) is 67.1 Å². The van der Waals surface area contributed by atoms with Crippen LogP contribution in [0.3, 0.4) is 0 Å². The second kappa shape index (κ2) is 11.4. The summed E-state index contributed by atoms with van der Waals surface area (Å²) in [4.78, 5) is 32.3. The van der Waals surface area contributed by atoms with E-state index in [0.29, 0.717) is 23.9 Å². The molecule has 2 aliphatic rings. The van der Waals surface area contributed by atoms with E-state index in [4.69, 9.17) is 4.84 Å². The largest absolute Gasteiger partial charge is 0.396 e. The summed E-state index contributed by atoms with van der Waals surface area (Å²) in [7, 11) is 0. The number of oxime groups is 1. The van der Waals surface area contributed by atoms with Gasteiger partial charge in [0.1, 0.15) is 12.4 Å². The number of benzene rings is 1. The van der Waals surface area contributed by atoms with Gasteiger partial charge in [0.15, 0.2) is 0 Å². The summed E-state index contributed by atoms with van der Waals surface area (Å²) < 4.78 is 1.06. The van der Waals surface area contributed by atoms with E-state index < -0.39 is 0 Å². The van der Waals surface area contributed by atoms with Crippen molar-refractivity contribution in [2.24, 2.45) is 11.1 Å². The van der Waals surface area contributed by atoms with Crippen molar-refractivity contribution in [3.05, 3.63) is 57.1 Å². The summed E-state index contributed by atoms with van der Waals surface area (Å²) >= 11 is 3.53. The molecule has 2 saturated heterocycles. The van der Waals surface area contributed by atoms with Gasteiger partial charge in [0, 0.05) is 29.0 Å². The summed E-state index contributed by atoms with van der Waals surface area (Å²) in [5.74, 6) is 1.16. The number of rotatable bonds is 6. The smallest absolute Gasteiger partial charge is 0.257 e. The van der Waals surface area contributed by atoms with Gasteiger partial charge < -0.3 is 9.74 Å². The highest BCUT2D eigenvalue weighted by Gasteiger charge is 2.39. The topological polar surface area (TPSA) is 70.9 Å². The number of amides is 1. The fourth-order valence-corrected chi connectivity index (χ4v) is 5.93. The lowest BCUT2D eigenvalue weighted by Gasteiger charge is -2.49. The van der Waals surface area contributed by atoms with E-state index in [1.165, 1.54) is 0 Å². The van der Waals surface area contributed by atoms with Crippen LogP contribution in [0.5, 0.6) is 0 Å². The van der Waals surface area contributed by atoms with Gasteiger partial charge in [0.2, 0.25) is 0 Å². The maximum absolute atomic E-state index is 13.3. The first-order valence-electron chi connectivity index (χ1n) is 13.0. The Labute approximate surface area is 223 Å². The summed E-state index contributed by atoms with van der Waals surface area (Å²) in [5, 5.41) is 4.53. The van der Waals surface area contributed by atoms with Crippen molar-refractivity contribution >= 4 is 27.5 Å². The highest BCUT2D eigenvalue weighted by molar-refractivity contribution is 9.10. The molecule has 2 fully saturated rings. The summed E-state index contributed by atoms with van der Waals surface area (Å²) in [6.07, 6.45) is 4.06. The molecule has 8 heteroatoms. The summed E-state index contributed by atoms with van der Waals surface area (Å²) in [6, 6.07) is 8.36. The Balaban J connectivity index is 1.38. The van der Waals surface area contributed by atoms with Crippen molar-refractivity contribution in [3.8, 4) is 0 Å². The van der Waals surface area contributed by atoms with Crippen LogP contribution in [0.4, 0.5) is 0 Å². The zero-order chi connectivity index (χ0) is 25.9. The molecular weight excluding hydrogens is 518 g/mol. The van der Waals surface area contributed by atoms with Crippen LogP contribution in [0, 0.1) is 26.7 Å². The molecule has 1 aromatic carbocycles. The molecule has 0 radical (unpaired) electrons. The number of aryl methyl sites for hydroxylation is 3. The van der Waals surface area contributed by atoms with Crippen LogP contribution in [-0.4, -0.2) is 69.7 Å². The zero-order valence-corrected chi connectivity index (χ0v) is 23.8. The fourth-order valence-electron chi connectivity index (χ4n) is 5.67. The lowest BCUT2D eigenvalue weighted by atomic mass is 9.82. The number of carbonyl (C=O) groups excluding carboxylic acids is 1. The monoisotopic (exact) mass is 555 g/mol. The Hall–Kier alpha value is -2.32. The van der Waals surface area contributed by atoms with Crippen molar-refractivity contribution in [1.29, 1.82) is 0 Å². The average Bonchev–Trinajstić information content (AvgIpc) is 2.85. The Morgan fingerprint density at radius 3 is 2.19 bits per heavy atom. The third kappa shape index (κ3) is 5.80. The summed E-state index contributed by atoms with van der Waals surface area (Å²) in [5.41, 5.74) is 4.50. The molecule has 0 spiro atoms. The average molecular weight is 557 g/mol. The quantitative estimate of drug-likeness (QED) is 0.356. The molecule has 36 heavy (non-hydrogen) atoms. The SMILES string of the molecule is CCO/N=C(\c1ccc(Br)cc1)C1CCN(C2(C)CCN(C(=O)c3c(C)nc(C)nc3C)CC2)CC1. The molecular formula is C28H38BrN5O2. The summed E-state index contributed by atoms with van der Waals surface area (Å²) in [6.45, 7) is 14.2. The highest BCUT2D eigenvalue weighted by atomic mass is 79.9. The minimum Gasteiger partial charge on any atom is -0.396 e. The molecule has 0 atom stereocenters. The number of nitrogens with zero attached hydrogens (tertiary/aromatic N) is 5. The van der Waals surface area contributed by atoms with E-state index in [1.54, 1.807) is 0 Å². The van der Waals surface area contributed by atoms with Gasteiger partial charge in [-0.1, -0.05) is 33.2 Å². The van der Waals surface area contributed by atoms with Gasteiger partial charge in [-0.2, -0.15) is 0 Å². The van der Waals surface area contributed by atoms with Crippen molar-refractivity contribution in [1.82, 2.24) is 19.8 Å². The number of carbonyl (C=O) groups is 1. The first kappa shape index (κ1) is 26.7. The van der Waals surface area contributed by atoms with Crippen LogP contribution in [0.1, 0.15) is 72.7 Å². The molecule has 0 bridgehead atoms. The standard InChI is InChI=1S/C28H38BrN5O2/c1-6-36-32-26(22-7-9-24(29)10-8-22)23-11-15-34(16-12-23)28(5)13-17-33(18-14-28)27(35)25-19(2)30-21(4)31-20(25)3/h7-10,23H,6,11-18H2,1-5H3/b32-26+. The Kier molecular flexibility index (Phi) is 8.45. The van der Waals surface area contributed by atoms with Gasteiger partial charge in [0.25, 0.3) is 5.91 Å². The Morgan fingerprint density at radius 1 is 1.06 bits per heavy atom. The number of hydrogen-bond acceptors (Lipinski definition) is 6. The first-order valence-corrected chi connectivity index (χ1v) is 13.8. The van der Waals surface area contributed by atoms with Crippen LogP contribution in [0.2, 0.25) is 0 Å². The molecule has 194 valence electrons. The Bertz CT molecular complexity index is 1080. The van der Waals surface area contributed by atoms with Gasteiger partial charge in [-0.05, 0) is 91.1 Å². The van der Waals surface area contributed by atoms with Crippen molar-refractivity contribution in [2.75, 3.05) is 32.8 Å². The lowest BCUT2D eigenvalue weighted by Crippen LogP contribution is -2.56. The molecule has 3 heterocycles. The molecule has 2 aliphatic heterocycles. The Morgan fingerprint density at radius 2 is 1.64 bits per heavy atom. The van der Waals surface area contributed by atoms with Crippen LogP contribution in [0.15, 0.2) is 33.9 Å². The van der Waals surface area contributed by atoms with Gasteiger partial charge in [-0.3, -0.25) is 9.69 Å². The number of halogens is 1. The minimum atomic E-state index is 0.0667. The normalized spacial score (nSPS) is 19.4. The van der Waals surface area contributed by atoms with Crippen molar-refractivity contribution in [3.63, 3.8) is 0 Å². The molecule has 4 rings (SSSR count). The second-order valence-electron chi connectivity index (χ2n) is 10.3. The second-order valence-corrected chi connectivity index (χ2v) is 11.2. The zero-order valence-electron chi connectivity index (χ0n) is 22.2. The van der Waals surface area contributed by atoms with Crippen LogP contribution in [-0.2, 0) is 4.84 Å². The van der Waals surface area contributed by atoms with Gasteiger partial charge >= 0.3 is 0 Å². The van der Waals surface area contributed by atoms with Crippen LogP contribution in [0.25, 0.3) is 0 Å². The lowest BCUT2D eigenvalue weighted by molar-refractivity contribution is 0.0161. The number of hydrogen-bond donors (Lipinski definition) is 0.